The molecule has 0 N–H and O–H groups in total. The normalized spacial score (nSPS) is 23.1. The van der Waals surface area contributed by atoms with Crippen LogP contribution in [0.15, 0.2) is 16.8 Å². The molecule has 0 aromatic rings. The summed E-state index contributed by atoms with van der Waals surface area (Å²) in [6.45, 7) is 12.1. The third kappa shape index (κ3) is 3.12. The van der Waals surface area contributed by atoms with E-state index in [1.165, 1.54) is 0 Å². The minimum Gasteiger partial charge on any atom is -0.463 e. The van der Waals surface area contributed by atoms with E-state index >= 15 is 0 Å². The maximum absolute atomic E-state index is 12.1. The standard InChI is InChI=1S/C14H23NO3/c1-7-17-12(16)14(8-10(2)3)9-11(15-18-14)13(4,5)6/h8H,7,9H2,1-6H3. The van der Waals surface area contributed by atoms with Crippen LogP contribution in [-0.4, -0.2) is 23.9 Å². The summed E-state index contributed by atoms with van der Waals surface area (Å²) in [4.78, 5) is 17.6. The topological polar surface area (TPSA) is 47.9 Å². The zero-order chi connectivity index (χ0) is 14.0. The third-order valence-corrected chi connectivity index (χ3v) is 2.76. The molecule has 0 aromatic heterocycles. The van der Waals surface area contributed by atoms with Crippen molar-refractivity contribution in [3.63, 3.8) is 0 Å². The van der Waals surface area contributed by atoms with Crippen molar-refractivity contribution in [3.05, 3.63) is 11.6 Å². The van der Waals surface area contributed by atoms with Gasteiger partial charge >= 0.3 is 5.97 Å². The van der Waals surface area contributed by atoms with Crippen molar-refractivity contribution in [2.45, 2.75) is 53.6 Å². The lowest BCUT2D eigenvalue weighted by molar-refractivity contribution is -0.163. The summed E-state index contributed by atoms with van der Waals surface area (Å²) in [5.41, 5.74) is 0.711. The maximum atomic E-state index is 12.1. The van der Waals surface area contributed by atoms with E-state index in [1.807, 2.05) is 13.8 Å². The van der Waals surface area contributed by atoms with Crippen molar-refractivity contribution in [1.29, 1.82) is 0 Å². The predicted molar refractivity (Wildman–Crippen MR) is 71.4 cm³/mol. The number of esters is 1. The smallest absolute Gasteiger partial charge is 0.357 e. The molecular weight excluding hydrogens is 230 g/mol. The van der Waals surface area contributed by atoms with Crippen LogP contribution in [0.3, 0.4) is 0 Å². The summed E-state index contributed by atoms with van der Waals surface area (Å²) in [7, 11) is 0. The summed E-state index contributed by atoms with van der Waals surface area (Å²) < 4.78 is 5.11. The highest BCUT2D eigenvalue weighted by Crippen LogP contribution is 2.34. The van der Waals surface area contributed by atoms with Gasteiger partial charge in [0.1, 0.15) is 0 Å². The molecule has 4 heteroatoms. The first-order valence-corrected chi connectivity index (χ1v) is 6.30. The Bertz CT molecular complexity index is 386. The highest BCUT2D eigenvalue weighted by molar-refractivity contribution is 5.97. The molecule has 1 heterocycles. The highest BCUT2D eigenvalue weighted by atomic mass is 16.7. The highest BCUT2D eigenvalue weighted by Gasteiger charge is 2.48. The number of carbonyl (C=O) groups excluding carboxylic acids is 1. The van der Waals surface area contributed by atoms with Crippen molar-refractivity contribution < 1.29 is 14.4 Å². The molecule has 0 aromatic carbocycles. The zero-order valence-electron chi connectivity index (χ0n) is 12.2. The van der Waals surface area contributed by atoms with Gasteiger partial charge < -0.3 is 9.57 Å². The largest absolute Gasteiger partial charge is 0.463 e. The molecule has 0 bridgehead atoms. The fraction of sp³-hybridized carbons (Fsp3) is 0.714. The van der Waals surface area contributed by atoms with Gasteiger partial charge in [0, 0.05) is 11.8 Å². The van der Waals surface area contributed by atoms with Gasteiger partial charge in [-0.15, -0.1) is 0 Å². The lowest BCUT2D eigenvalue weighted by Crippen LogP contribution is -2.40. The molecule has 4 nitrogen and oxygen atoms in total. The van der Waals surface area contributed by atoms with Crippen LogP contribution in [0.2, 0.25) is 0 Å². The van der Waals surface area contributed by atoms with Gasteiger partial charge in [0.25, 0.3) is 5.60 Å². The Hall–Kier alpha value is -1.32. The van der Waals surface area contributed by atoms with E-state index < -0.39 is 5.60 Å². The lowest BCUT2D eigenvalue weighted by atomic mass is 9.83. The number of carbonyl (C=O) groups is 1. The summed E-state index contributed by atoms with van der Waals surface area (Å²) >= 11 is 0. The second-order valence-corrected chi connectivity index (χ2v) is 5.89. The SMILES string of the molecule is CCOC(=O)C1(C=C(C)C)CC(C(C)(C)C)=NO1. The molecule has 1 aliphatic rings. The summed E-state index contributed by atoms with van der Waals surface area (Å²) in [5, 5.41) is 4.09. The number of oxime groups is 1. The number of rotatable bonds is 3. The number of hydrogen-bond acceptors (Lipinski definition) is 4. The Morgan fingerprint density at radius 1 is 1.50 bits per heavy atom. The molecule has 18 heavy (non-hydrogen) atoms. The van der Waals surface area contributed by atoms with Gasteiger partial charge in [0.05, 0.1) is 12.3 Å². The molecule has 0 spiro atoms. The van der Waals surface area contributed by atoms with Gasteiger partial charge in [0.15, 0.2) is 0 Å². The molecule has 0 saturated carbocycles. The molecule has 1 atom stereocenters. The van der Waals surface area contributed by atoms with Gasteiger partial charge in [-0.3, -0.25) is 0 Å². The lowest BCUT2D eigenvalue weighted by Gasteiger charge is -2.23. The van der Waals surface area contributed by atoms with Crippen LogP contribution in [-0.2, 0) is 14.4 Å². The molecule has 0 fully saturated rings. The third-order valence-electron chi connectivity index (χ3n) is 2.76. The average molecular weight is 253 g/mol. The Balaban J connectivity index is 3.00. The molecule has 1 rings (SSSR count). The molecule has 1 aliphatic heterocycles. The molecule has 0 aliphatic carbocycles. The Morgan fingerprint density at radius 3 is 2.50 bits per heavy atom. The first-order chi connectivity index (χ1) is 8.21. The minimum absolute atomic E-state index is 0.107. The van der Waals surface area contributed by atoms with Crippen LogP contribution in [0.1, 0.15) is 48.0 Å². The van der Waals surface area contributed by atoms with Crippen LogP contribution in [0.5, 0.6) is 0 Å². The second-order valence-electron chi connectivity index (χ2n) is 5.89. The fourth-order valence-electron chi connectivity index (χ4n) is 1.82. The second kappa shape index (κ2) is 5.12. The van der Waals surface area contributed by atoms with Crippen molar-refractivity contribution in [2.24, 2.45) is 10.6 Å². The summed E-state index contributed by atoms with van der Waals surface area (Å²) in [5.74, 6) is -0.366. The fourth-order valence-corrected chi connectivity index (χ4v) is 1.82. The quantitative estimate of drug-likeness (QED) is 0.573. The van der Waals surface area contributed by atoms with E-state index in [9.17, 15) is 4.79 Å². The van der Waals surface area contributed by atoms with Gasteiger partial charge in [0.2, 0.25) is 0 Å². The number of nitrogens with zero attached hydrogens (tertiary/aromatic N) is 1. The van der Waals surface area contributed by atoms with Gasteiger partial charge in [-0.25, -0.2) is 4.79 Å². The molecule has 0 amide bonds. The van der Waals surface area contributed by atoms with Crippen molar-refractivity contribution in [3.8, 4) is 0 Å². The average Bonchev–Trinajstić information content (AvgIpc) is 2.62. The number of allylic oxidation sites excluding steroid dienone is 1. The summed E-state index contributed by atoms with van der Waals surface area (Å²) in [6.07, 6.45) is 2.26. The minimum atomic E-state index is -1.07. The number of hydrogen-bond donors (Lipinski definition) is 0. The zero-order valence-corrected chi connectivity index (χ0v) is 12.2. The van der Waals surface area contributed by atoms with Crippen molar-refractivity contribution in [1.82, 2.24) is 0 Å². The molecule has 0 saturated heterocycles. The van der Waals surface area contributed by atoms with E-state index in [1.54, 1.807) is 13.0 Å². The van der Waals surface area contributed by atoms with Gasteiger partial charge in [-0.05, 0) is 26.8 Å². The van der Waals surface area contributed by atoms with E-state index in [-0.39, 0.29) is 11.4 Å². The molecule has 102 valence electrons. The Labute approximate surface area is 109 Å². The van der Waals surface area contributed by atoms with Crippen molar-refractivity contribution in [2.75, 3.05) is 6.61 Å². The molecule has 0 radical (unpaired) electrons. The van der Waals surface area contributed by atoms with Crippen LogP contribution < -0.4 is 0 Å². The maximum Gasteiger partial charge on any atom is 0.357 e. The van der Waals surface area contributed by atoms with Gasteiger partial charge in [-0.2, -0.15) is 0 Å². The van der Waals surface area contributed by atoms with Crippen LogP contribution >= 0.6 is 0 Å². The van der Waals surface area contributed by atoms with E-state index in [2.05, 4.69) is 25.9 Å². The first kappa shape index (κ1) is 14.7. The Kier molecular flexibility index (Phi) is 4.20. The summed E-state index contributed by atoms with van der Waals surface area (Å²) in [6, 6.07) is 0. The van der Waals surface area contributed by atoms with E-state index in [0.717, 1.165) is 11.3 Å². The number of ether oxygens (including phenoxy) is 1. The first-order valence-electron chi connectivity index (χ1n) is 6.30. The monoisotopic (exact) mass is 253 g/mol. The predicted octanol–water partition coefficient (Wildman–Crippen LogP) is 3.08. The van der Waals surface area contributed by atoms with Crippen molar-refractivity contribution >= 4 is 11.7 Å². The van der Waals surface area contributed by atoms with Crippen LogP contribution in [0.4, 0.5) is 0 Å². The molecular formula is C14H23NO3. The Morgan fingerprint density at radius 2 is 2.11 bits per heavy atom. The van der Waals surface area contributed by atoms with Crippen LogP contribution in [0, 0.1) is 5.41 Å². The molecule has 1 unspecified atom stereocenters. The van der Waals surface area contributed by atoms with Crippen LogP contribution in [0.25, 0.3) is 0 Å². The van der Waals surface area contributed by atoms with E-state index in [4.69, 9.17) is 9.57 Å². The van der Waals surface area contributed by atoms with E-state index in [0.29, 0.717) is 13.0 Å². The van der Waals surface area contributed by atoms with Gasteiger partial charge in [-0.1, -0.05) is 31.5 Å².